The first-order valence-electron chi connectivity index (χ1n) is 5.58. The molecule has 1 fully saturated rings. The van der Waals surface area contributed by atoms with E-state index in [-0.39, 0.29) is 6.10 Å². The van der Waals surface area contributed by atoms with E-state index in [1.807, 2.05) is 12.1 Å². The Kier molecular flexibility index (Phi) is 3.56. The van der Waals surface area contributed by atoms with Crippen LogP contribution in [0, 0.1) is 0 Å². The van der Waals surface area contributed by atoms with Crippen molar-refractivity contribution in [3.8, 4) is 0 Å². The molecular formula is C12H17ClN2O. The molecule has 88 valence electrons. The van der Waals surface area contributed by atoms with Crippen LogP contribution in [0.15, 0.2) is 18.2 Å². The molecule has 0 amide bonds. The van der Waals surface area contributed by atoms with E-state index in [1.165, 1.54) is 0 Å². The third-order valence-corrected chi connectivity index (χ3v) is 3.02. The number of hydrogen-bond donors (Lipinski definition) is 1. The van der Waals surface area contributed by atoms with Crippen LogP contribution in [0.25, 0.3) is 0 Å². The van der Waals surface area contributed by atoms with Crippen molar-refractivity contribution in [1.29, 1.82) is 0 Å². The van der Waals surface area contributed by atoms with Crippen molar-refractivity contribution in [1.82, 2.24) is 0 Å². The van der Waals surface area contributed by atoms with E-state index in [1.54, 1.807) is 6.07 Å². The summed E-state index contributed by atoms with van der Waals surface area (Å²) in [6.07, 6.45) is 1.28. The summed E-state index contributed by atoms with van der Waals surface area (Å²) in [5.41, 5.74) is 7.78. The van der Waals surface area contributed by atoms with Crippen molar-refractivity contribution < 1.29 is 4.74 Å². The first kappa shape index (κ1) is 11.6. The van der Waals surface area contributed by atoms with E-state index >= 15 is 0 Å². The molecule has 0 aliphatic carbocycles. The minimum absolute atomic E-state index is 0.248. The standard InChI is InChI=1S/C12H17ClN2O/c1-9-8-15(5-2-6-16-9)12-4-3-10(13)7-11(12)14/h3-4,7,9H,2,5-6,8,14H2,1H3. The van der Waals surface area contributed by atoms with Crippen LogP contribution in [0.3, 0.4) is 0 Å². The number of benzene rings is 1. The highest BCUT2D eigenvalue weighted by Crippen LogP contribution is 2.27. The number of nitrogens with zero attached hydrogens (tertiary/aromatic N) is 1. The molecule has 2 rings (SSSR count). The van der Waals surface area contributed by atoms with Gasteiger partial charge in [0.15, 0.2) is 0 Å². The lowest BCUT2D eigenvalue weighted by Crippen LogP contribution is -2.30. The van der Waals surface area contributed by atoms with Gasteiger partial charge in [0.1, 0.15) is 0 Å². The number of anilines is 2. The minimum atomic E-state index is 0.248. The maximum Gasteiger partial charge on any atom is 0.0721 e. The molecule has 0 spiro atoms. The predicted octanol–water partition coefficient (Wildman–Crippen LogP) is 2.54. The molecule has 1 unspecified atom stereocenters. The Morgan fingerprint density at radius 2 is 2.31 bits per heavy atom. The summed E-state index contributed by atoms with van der Waals surface area (Å²) >= 11 is 5.89. The van der Waals surface area contributed by atoms with Gasteiger partial charge in [0, 0.05) is 24.7 Å². The van der Waals surface area contributed by atoms with Crippen LogP contribution < -0.4 is 10.6 Å². The predicted molar refractivity (Wildman–Crippen MR) is 68.1 cm³/mol. The molecule has 1 atom stereocenters. The molecule has 1 heterocycles. The van der Waals surface area contributed by atoms with Crippen LogP contribution in [0.2, 0.25) is 5.02 Å². The second-order valence-electron chi connectivity index (χ2n) is 4.18. The molecule has 0 aromatic heterocycles. The quantitative estimate of drug-likeness (QED) is 0.767. The van der Waals surface area contributed by atoms with Crippen molar-refractivity contribution in [2.75, 3.05) is 30.3 Å². The van der Waals surface area contributed by atoms with Crippen molar-refractivity contribution in [2.45, 2.75) is 19.4 Å². The molecule has 0 saturated carbocycles. The number of halogens is 1. The normalized spacial score (nSPS) is 21.9. The maximum atomic E-state index is 5.98. The van der Waals surface area contributed by atoms with Gasteiger partial charge in [-0.25, -0.2) is 0 Å². The van der Waals surface area contributed by atoms with Crippen LogP contribution in [-0.2, 0) is 4.74 Å². The second-order valence-corrected chi connectivity index (χ2v) is 4.62. The number of rotatable bonds is 1. The molecule has 4 heteroatoms. The summed E-state index contributed by atoms with van der Waals surface area (Å²) < 4.78 is 5.61. The van der Waals surface area contributed by atoms with Crippen LogP contribution in [0.4, 0.5) is 11.4 Å². The van der Waals surface area contributed by atoms with E-state index in [9.17, 15) is 0 Å². The van der Waals surface area contributed by atoms with Crippen molar-refractivity contribution in [3.63, 3.8) is 0 Å². The lowest BCUT2D eigenvalue weighted by atomic mass is 10.2. The van der Waals surface area contributed by atoms with E-state index in [0.717, 1.165) is 37.5 Å². The Hall–Kier alpha value is -0.930. The van der Waals surface area contributed by atoms with Gasteiger partial charge in [-0.05, 0) is 31.5 Å². The fourth-order valence-corrected chi connectivity index (χ4v) is 2.21. The number of ether oxygens (including phenoxy) is 1. The molecule has 0 bridgehead atoms. The highest BCUT2D eigenvalue weighted by Gasteiger charge is 2.17. The molecule has 2 N–H and O–H groups in total. The zero-order chi connectivity index (χ0) is 11.5. The molecule has 0 radical (unpaired) electrons. The first-order valence-corrected chi connectivity index (χ1v) is 5.96. The highest BCUT2D eigenvalue weighted by molar-refractivity contribution is 6.31. The van der Waals surface area contributed by atoms with Crippen molar-refractivity contribution >= 4 is 23.0 Å². The average molecular weight is 241 g/mol. The van der Waals surface area contributed by atoms with Crippen LogP contribution in [0.1, 0.15) is 13.3 Å². The molecule has 1 aromatic carbocycles. The largest absolute Gasteiger partial charge is 0.397 e. The van der Waals surface area contributed by atoms with Crippen LogP contribution in [-0.4, -0.2) is 25.8 Å². The summed E-state index contributed by atoms with van der Waals surface area (Å²) in [6, 6.07) is 5.66. The third-order valence-electron chi connectivity index (χ3n) is 2.78. The lowest BCUT2D eigenvalue weighted by molar-refractivity contribution is 0.0821. The summed E-state index contributed by atoms with van der Waals surface area (Å²) in [5, 5.41) is 0.681. The maximum absolute atomic E-state index is 5.98. The Balaban J connectivity index is 2.21. The second kappa shape index (κ2) is 4.93. The average Bonchev–Trinajstić information content (AvgIpc) is 2.43. The van der Waals surface area contributed by atoms with Crippen molar-refractivity contribution in [2.24, 2.45) is 0 Å². The topological polar surface area (TPSA) is 38.5 Å². The Morgan fingerprint density at radius 1 is 1.50 bits per heavy atom. The molecule has 16 heavy (non-hydrogen) atoms. The van der Waals surface area contributed by atoms with Gasteiger partial charge >= 0.3 is 0 Å². The number of nitrogen functional groups attached to an aromatic ring is 1. The van der Waals surface area contributed by atoms with Gasteiger partial charge in [0.25, 0.3) is 0 Å². The fourth-order valence-electron chi connectivity index (χ4n) is 2.03. The molecule has 3 nitrogen and oxygen atoms in total. The molecular weight excluding hydrogens is 224 g/mol. The van der Waals surface area contributed by atoms with E-state index in [0.29, 0.717) is 5.02 Å². The van der Waals surface area contributed by atoms with Gasteiger partial charge in [-0.15, -0.1) is 0 Å². The van der Waals surface area contributed by atoms with Gasteiger partial charge in [0.2, 0.25) is 0 Å². The van der Waals surface area contributed by atoms with Crippen LogP contribution in [0.5, 0.6) is 0 Å². The van der Waals surface area contributed by atoms with Crippen LogP contribution >= 0.6 is 11.6 Å². The van der Waals surface area contributed by atoms with Gasteiger partial charge in [-0.3, -0.25) is 0 Å². The third kappa shape index (κ3) is 2.60. The number of hydrogen-bond acceptors (Lipinski definition) is 3. The zero-order valence-corrected chi connectivity index (χ0v) is 10.2. The SMILES string of the molecule is CC1CN(c2ccc(Cl)cc2N)CCCO1. The minimum Gasteiger partial charge on any atom is -0.397 e. The highest BCUT2D eigenvalue weighted by atomic mass is 35.5. The van der Waals surface area contributed by atoms with Gasteiger partial charge in [-0.2, -0.15) is 0 Å². The van der Waals surface area contributed by atoms with E-state index in [4.69, 9.17) is 22.1 Å². The van der Waals surface area contributed by atoms with Gasteiger partial charge < -0.3 is 15.4 Å². The molecule has 1 aromatic rings. The molecule has 1 saturated heterocycles. The van der Waals surface area contributed by atoms with E-state index < -0.39 is 0 Å². The smallest absolute Gasteiger partial charge is 0.0721 e. The van der Waals surface area contributed by atoms with Crippen molar-refractivity contribution in [3.05, 3.63) is 23.2 Å². The lowest BCUT2D eigenvalue weighted by Gasteiger charge is -2.25. The van der Waals surface area contributed by atoms with E-state index in [2.05, 4.69) is 11.8 Å². The molecule has 1 aliphatic heterocycles. The molecule has 1 aliphatic rings. The fraction of sp³-hybridized carbons (Fsp3) is 0.500. The van der Waals surface area contributed by atoms with Gasteiger partial charge in [-0.1, -0.05) is 11.6 Å². The Bertz CT molecular complexity index is 370. The summed E-state index contributed by atoms with van der Waals surface area (Å²) in [4.78, 5) is 2.27. The summed E-state index contributed by atoms with van der Waals surface area (Å²) in [6.45, 7) is 4.78. The Labute approximate surface area is 101 Å². The van der Waals surface area contributed by atoms with Gasteiger partial charge in [0.05, 0.1) is 17.5 Å². The zero-order valence-electron chi connectivity index (χ0n) is 9.45. The monoisotopic (exact) mass is 240 g/mol. The summed E-state index contributed by atoms with van der Waals surface area (Å²) in [5.74, 6) is 0. The summed E-state index contributed by atoms with van der Waals surface area (Å²) in [7, 11) is 0. The Morgan fingerprint density at radius 3 is 3.06 bits per heavy atom. The first-order chi connectivity index (χ1) is 7.66. The number of nitrogens with two attached hydrogens (primary N) is 1.